The number of fused-ring (bicyclic) bond motifs is 3. The standard InChI is InChI=1S/C26H21FN4O3/c27-19-8-10-21-23(15-19)31(26(33)22-7-4-13-30(21)22)14-12-25(32)29-24-11-9-20(16-28-24)34-17-18-5-2-1-3-6-18/h1-11,13,15-16H,12,14,17H2,(H,28,29,32). The molecule has 0 aliphatic heterocycles. The third kappa shape index (κ3) is 4.38. The van der Waals surface area contributed by atoms with E-state index in [0.29, 0.717) is 34.7 Å². The maximum Gasteiger partial charge on any atom is 0.275 e. The van der Waals surface area contributed by atoms with Gasteiger partial charge in [0.15, 0.2) is 0 Å². The van der Waals surface area contributed by atoms with Gasteiger partial charge < -0.3 is 19.0 Å². The van der Waals surface area contributed by atoms with E-state index in [2.05, 4.69) is 10.3 Å². The molecular weight excluding hydrogens is 435 g/mol. The van der Waals surface area contributed by atoms with Gasteiger partial charge in [-0.1, -0.05) is 30.3 Å². The molecule has 1 amide bonds. The number of benzene rings is 2. The van der Waals surface area contributed by atoms with E-state index in [4.69, 9.17) is 4.74 Å². The van der Waals surface area contributed by atoms with Crippen molar-refractivity contribution in [3.63, 3.8) is 0 Å². The normalized spacial score (nSPS) is 11.1. The van der Waals surface area contributed by atoms with Gasteiger partial charge in [0.1, 0.15) is 29.5 Å². The first-order valence-corrected chi connectivity index (χ1v) is 10.8. The molecule has 0 radical (unpaired) electrons. The lowest BCUT2D eigenvalue weighted by atomic mass is 10.2. The van der Waals surface area contributed by atoms with E-state index in [0.717, 1.165) is 5.56 Å². The molecule has 5 aromatic rings. The van der Waals surface area contributed by atoms with E-state index < -0.39 is 5.82 Å². The zero-order valence-corrected chi connectivity index (χ0v) is 18.1. The zero-order chi connectivity index (χ0) is 23.5. The van der Waals surface area contributed by atoms with Crippen LogP contribution in [0.15, 0.2) is 90.0 Å². The number of amides is 1. The molecule has 3 heterocycles. The Morgan fingerprint density at radius 2 is 1.82 bits per heavy atom. The van der Waals surface area contributed by atoms with Gasteiger partial charge in [-0.25, -0.2) is 9.37 Å². The van der Waals surface area contributed by atoms with Gasteiger partial charge in [-0.15, -0.1) is 0 Å². The predicted octanol–water partition coefficient (Wildman–Crippen LogP) is 4.40. The average molecular weight is 456 g/mol. The molecular formula is C26H21FN4O3. The lowest BCUT2D eigenvalue weighted by Gasteiger charge is -2.13. The van der Waals surface area contributed by atoms with Crippen molar-refractivity contribution in [2.24, 2.45) is 0 Å². The Hall–Kier alpha value is -4.46. The summed E-state index contributed by atoms with van der Waals surface area (Å²) >= 11 is 0. The molecule has 0 aliphatic rings. The third-order valence-electron chi connectivity index (χ3n) is 5.52. The van der Waals surface area contributed by atoms with Gasteiger partial charge >= 0.3 is 0 Å². The first kappa shape index (κ1) is 21.4. The van der Waals surface area contributed by atoms with E-state index in [-0.39, 0.29) is 24.4 Å². The van der Waals surface area contributed by atoms with Crippen LogP contribution in [-0.2, 0) is 17.9 Å². The van der Waals surface area contributed by atoms with Crippen LogP contribution >= 0.6 is 0 Å². The number of carbonyl (C=O) groups is 1. The van der Waals surface area contributed by atoms with Crippen LogP contribution in [0.2, 0.25) is 0 Å². The van der Waals surface area contributed by atoms with Crippen LogP contribution in [-0.4, -0.2) is 19.9 Å². The molecule has 7 nitrogen and oxygen atoms in total. The molecule has 1 N–H and O–H groups in total. The highest BCUT2D eigenvalue weighted by molar-refractivity contribution is 5.89. The number of hydrogen-bond acceptors (Lipinski definition) is 4. The van der Waals surface area contributed by atoms with Crippen LogP contribution in [0.25, 0.3) is 16.6 Å². The minimum absolute atomic E-state index is 0.0241. The molecule has 0 atom stereocenters. The van der Waals surface area contributed by atoms with Gasteiger partial charge in [0, 0.05) is 19.2 Å². The first-order chi connectivity index (χ1) is 16.6. The van der Waals surface area contributed by atoms with Gasteiger partial charge in [-0.2, -0.15) is 0 Å². The summed E-state index contributed by atoms with van der Waals surface area (Å²) in [6.45, 7) is 0.522. The molecule has 0 saturated heterocycles. The Morgan fingerprint density at radius 1 is 0.971 bits per heavy atom. The number of pyridine rings is 1. The van der Waals surface area contributed by atoms with Crippen molar-refractivity contribution in [1.29, 1.82) is 0 Å². The quantitative estimate of drug-likeness (QED) is 0.394. The molecule has 2 aromatic carbocycles. The maximum absolute atomic E-state index is 13.9. The number of hydrogen-bond donors (Lipinski definition) is 1. The van der Waals surface area contributed by atoms with Gasteiger partial charge in [0.2, 0.25) is 5.91 Å². The van der Waals surface area contributed by atoms with Gasteiger partial charge in [-0.3, -0.25) is 9.59 Å². The van der Waals surface area contributed by atoms with E-state index in [1.165, 1.54) is 16.7 Å². The zero-order valence-electron chi connectivity index (χ0n) is 18.1. The Kier molecular flexibility index (Phi) is 5.78. The van der Waals surface area contributed by atoms with Crippen molar-refractivity contribution in [2.45, 2.75) is 19.6 Å². The predicted molar refractivity (Wildman–Crippen MR) is 127 cm³/mol. The highest BCUT2D eigenvalue weighted by Gasteiger charge is 2.13. The number of rotatable bonds is 7. The Balaban J connectivity index is 1.26. The molecule has 0 saturated carbocycles. The fraction of sp³-hybridized carbons (Fsp3) is 0.115. The van der Waals surface area contributed by atoms with Gasteiger partial charge in [-0.05, 0) is 48.0 Å². The van der Waals surface area contributed by atoms with E-state index in [1.54, 1.807) is 47.1 Å². The molecule has 8 heteroatoms. The number of carbonyl (C=O) groups excluding carboxylic acids is 1. The Bertz CT molecular complexity index is 1530. The maximum atomic E-state index is 13.9. The summed E-state index contributed by atoms with van der Waals surface area (Å²) in [6.07, 6.45) is 3.32. The monoisotopic (exact) mass is 456 g/mol. The number of halogens is 1. The molecule has 0 aliphatic carbocycles. The largest absolute Gasteiger partial charge is 0.487 e. The Morgan fingerprint density at radius 3 is 2.62 bits per heavy atom. The van der Waals surface area contributed by atoms with Gasteiger partial charge in [0.25, 0.3) is 5.56 Å². The van der Waals surface area contributed by atoms with Crippen LogP contribution < -0.4 is 15.6 Å². The van der Waals surface area contributed by atoms with Crippen LogP contribution in [0.5, 0.6) is 5.75 Å². The second kappa shape index (κ2) is 9.19. The summed E-state index contributed by atoms with van der Waals surface area (Å²) in [7, 11) is 0. The minimum Gasteiger partial charge on any atom is -0.487 e. The second-order valence-electron chi connectivity index (χ2n) is 7.80. The molecule has 5 rings (SSSR count). The van der Waals surface area contributed by atoms with Crippen molar-refractivity contribution in [2.75, 3.05) is 5.32 Å². The lowest BCUT2D eigenvalue weighted by Crippen LogP contribution is -2.25. The van der Waals surface area contributed by atoms with E-state index >= 15 is 0 Å². The third-order valence-corrected chi connectivity index (χ3v) is 5.52. The number of nitrogens with one attached hydrogen (secondary N) is 1. The van der Waals surface area contributed by atoms with Crippen LogP contribution in [0, 0.1) is 5.82 Å². The first-order valence-electron chi connectivity index (χ1n) is 10.8. The van der Waals surface area contributed by atoms with Crippen molar-refractivity contribution in [3.05, 3.63) is 107 Å². The fourth-order valence-corrected chi connectivity index (χ4v) is 3.85. The highest BCUT2D eigenvalue weighted by Crippen LogP contribution is 2.18. The Labute approximate surface area is 194 Å². The molecule has 0 unspecified atom stereocenters. The summed E-state index contributed by atoms with van der Waals surface area (Å²) in [5, 5.41) is 2.72. The minimum atomic E-state index is -0.449. The number of nitrogens with zero attached hydrogens (tertiary/aromatic N) is 3. The smallest absolute Gasteiger partial charge is 0.275 e. The van der Waals surface area contributed by atoms with Crippen molar-refractivity contribution < 1.29 is 13.9 Å². The fourth-order valence-electron chi connectivity index (χ4n) is 3.85. The van der Waals surface area contributed by atoms with E-state index in [9.17, 15) is 14.0 Å². The number of aromatic nitrogens is 3. The summed E-state index contributed by atoms with van der Waals surface area (Å²) in [6, 6.07) is 20.9. The lowest BCUT2D eigenvalue weighted by molar-refractivity contribution is -0.116. The van der Waals surface area contributed by atoms with Crippen LogP contribution in [0.4, 0.5) is 10.2 Å². The average Bonchev–Trinajstić information content (AvgIpc) is 3.35. The van der Waals surface area contributed by atoms with Crippen LogP contribution in [0.3, 0.4) is 0 Å². The van der Waals surface area contributed by atoms with E-state index in [1.807, 2.05) is 30.3 Å². The topological polar surface area (TPSA) is 77.6 Å². The molecule has 34 heavy (non-hydrogen) atoms. The molecule has 0 fully saturated rings. The van der Waals surface area contributed by atoms with Crippen molar-refractivity contribution >= 4 is 28.3 Å². The summed E-state index contributed by atoms with van der Waals surface area (Å²) < 4.78 is 22.8. The number of anilines is 1. The molecule has 0 spiro atoms. The SMILES string of the molecule is O=C(CCn1c(=O)c2cccn2c2ccc(F)cc21)Nc1ccc(OCc2ccccc2)cn1. The number of aryl methyl sites for hydroxylation is 1. The van der Waals surface area contributed by atoms with Gasteiger partial charge in [0.05, 0.1) is 17.2 Å². The summed E-state index contributed by atoms with van der Waals surface area (Å²) in [5.74, 6) is 0.206. The van der Waals surface area contributed by atoms with Crippen molar-refractivity contribution in [3.8, 4) is 5.75 Å². The molecule has 170 valence electrons. The molecule has 3 aromatic heterocycles. The second-order valence-corrected chi connectivity index (χ2v) is 7.80. The van der Waals surface area contributed by atoms with Crippen LogP contribution in [0.1, 0.15) is 12.0 Å². The summed E-state index contributed by atoms with van der Waals surface area (Å²) in [5.41, 5.74) is 2.34. The molecule has 0 bridgehead atoms. The highest BCUT2D eigenvalue weighted by atomic mass is 19.1. The van der Waals surface area contributed by atoms with Crippen molar-refractivity contribution in [1.82, 2.24) is 14.0 Å². The summed E-state index contributed by atoms with van der Waals surface area (Å²) in [4.78, 5) is 29.7. The number of ether oxygens (including phenoxy) is 1.